The smallest absolute Gasteiger partial charge is 0.417 e. The number of carbonyl (C=O) groups is 2. The van der Waals surface area contributed by atoms with E-state index in [4.69, 9.17) is 16.3 Å². The minimum Gasteiger partial charge on any atom is -0.451 e. The maximum Gasteiger partial charge on any atom is 0.417 e. The Morgan fingerprint density at radius 1 is 1.25 bits per heavy atom. The van der Waals surface area contributed by atoms with Gasteiger partial charge in [0.05, 0.1) is 10.6 Å². The third-order valence-electron chi connectivity index (χ3n) is 3.47. The van der Waals surface area contributed by atoms with Gasteiger partial charge in [0.2, 0.25) is 0 Å². The molecule has 3 rings (SSSR count). The largest absolute Gasteiger partial charge is 0.451 e. The SMILES string of the molecule is O=C(COC(=O)c1cc2c(F)cccc2s1)Nc1ncc(C(F)(F)F)cc1Cl. The first-order valence-corrected chi connectivity index (χ1v) is 8.72. The fraction of sp³-hybridized carbons (Fsp3) is 0.118. The monoisotopic (exact) mass is 432 g/mol. The van der Waals surface area contributed by atoms with Crippen molar-refractivity contribution in [2.45, 2.75) is 6.18 Å². The summed E-state index contributed by atoms with van der Waals surface area (Å²) in [5.74, 6) is -2.50. The minimum atomic E-state index is -4.63. The summed E-state index contributed by atoms with van der Waals surface area (Å²) in [6.07, 6.45) is -4.11. The molecular formula is C17H9ClF4N2O3S. The molecule has 2 heterocycles. The van der Waals surface area contributed by atoms with E-state index >= 15 is 0 Å². The number of anilines is 1. The van der Waals surface area contributed by atoms with Gasteiger partial charge in [-0.25, -0.2) is 14.2 Å². The Labute approximate surface area is 163 Å². The van der Waals surface area contributed by atoms with Crippen LogP contribution in [0, 0.1) is 5.82 Å². The van der Waals surface area contributed by atoms with E-state index in [9.17, 15) is 27.2 Å². The van der Waals surface area contributed by atoms with Crippen molar-refractivity contribution in [1.82, 2.24) is 4.98 Å². The number of hydrogen-bond donors (Lipinski definition) is 1. The lowest BCUT2D eigenvalue weighted by Gasteiger charge is -2.10. The van der Waals surface area contributed by atoms with Crippen LogP contribution in [-0.2, 0) is 15.7 Å². The molecule has 2 aromatic heterocycles. The molecule has 0 aliphatic rings. The molecule has 0 unspecified atom stereocenters. The lowest BCUT2D eigenvalue weighted by atomic mass is 10.2. The number of rotatable bonds is 4. The van der Waals surface area contributed by atoms with Crippen LogP contribution in [0.2, 0.25) is 5.02 Å². The second-order valence-corrected chi connectivity index (χ2v) is 6.93. The quantitative estimate of drug-likeness (QED) is 0.470. The summed E-state index contributed by atoms with van der Waals surface area (Å²) in [6.45, 7) is -0.728. The number of hydrogen-bond acceptors (Lipinski definition) is 5. The summed E-state index contributed by atoms with van der Waals surface area (Å²) >= 11 is 6.67. The Morgan fingerprint density at radius 2 is 2.00 bits per heavy atom. The molecule has 5 nitrogen and oxygen atoms in total. The number of carbonyl (C=O) groups excluding carboxylic acids is 2. The molecule has 0 saturated heterocycles. The van der Waals surface area contributed by atoms with E-state index in [-0.39, 0.29) is 16.1 Å². The van der Waals surface area contributed by atoms with E-state index < -0.39 is 41.1 Å². The van der Waals surface area contributed by atoms with Gasteiger partial charge in [-0.1, -0.05) is 17.7 Å². The molecule has 0 aliphatic carbocycles. The number of aromatic nitrogens is 1. The predicted molar refractivity (Wildman–Crippen MR) is 94.9 cm³/mol. The zero-order valence-electron chi connectivity index (χ0n) is 13.6. The molecule has 0 aliphatic heterocycles. The first-order chi connectivity index (χ1) is 13.1. The number of thiophene rings is 1. The van der Waals surface area contributed by atoms with E-state index in [1.165, 1.54) is 18.2 Å². The van der Waals surface area contributed by atoms with Gasteiger partial charge in [0.1, 0.15) is 10.7 Å². The van der Waals surface area contributed by atoms with Crippen LogP contribution < -0.4 is 5.32 Å². The average Bonchev–Trinajstić information content (AvgIpc) is 3.06. The summed E-state index contributed by atoms with van der Waals surface area (Å²) in [5, 5.41) is 1.98. The predicted octanol–water partition coefficient (Wildman–Crippen LogP) is 4.90. The molecule has 0 atom stereocenters. The second kappa shape index (κ2) is 7.72. The molecule has 0 spiro atoms. The molecule has 1 aromatic carbocycles. The van der Waals surface area contributed by atoms with E-state index in [2.05, 4.69) is 10.3 Å². The Morgan fingerprint density at radius 3 is 2.64 bits per heavy atom. The Bertz CT molecular complexity index is 1070. The maximum atomic E-state index is 13.7. The van der Waals surface area contributed by atoms with Gasteiger partial charge in [-0.3, -0.25) is 4.79 Å². The Hall–Kier alpha value is -2.72. The molecular weight excluding hydrogens is 424 g/mol. The van der Waals surface area contributed by atoms with Gasteiger partial charge >= 0.3 is 12.1 Å². The highest BCUT2D eigenvalue weighted by atomic mass is 35.5. The highest BCUT2D eigenvalue weighted by molar-refractivity contribution is 7.20. The second-order valence-electron chi connectivity index (χ2n) is 5.44. The van der Waals surface area contributed by atoms with E-state index in [1.54, 1.807) is 6.07 Å². The summed E-state index contributed by atoms with van der Waals surface area (Å²) in [7, 11) is 0. The summed E-state index contributed by atoms with van der Waals surface area (Å²) in [5.41, 5.74) is -1.07. The molecule has 146 valence electrons. The van der Waals surface area contributed by atoms with Crippen LogP contribution >= 0.6 is 22.9 Å². The van der Waals surface area contributed by atoms with Crippen molar-refractivity contribution >= 4 is 50.7 Å². The number of ether oxygens (including phenoxy) is 1. The third-order valence-corrected chi connectivity index (χ3v) is 4.84. The molecule has 3 aromatic rings. The number of fused-ring (bicyclic) bond motifs is 1. The normalized spacial score (nSPS) is 11.5. The van der Waals surface area contributed by atoms with Crippen molar-refractivity contribution < 1.29 is 31.9 Å². The first-order valence-electron chi connectivity index (χ1n) is 7.53. The molecule has 0 fully saturated rings. The van der Waals surface area contributed by atoms with Gasteiger partial charge in [0.15, 0.2) is 12.4 Å². The molecule has 1 N–H and O–H groups in total. The zero-order chi connectivity index (χ0) is 20.5. The van der Waals surface area contributed by atoms with Gasteiger partial charge in [0, 0.05) is 16.3 Å². The fourth-order valence-corrected chi connectivity index (χ4v) is 3.36. The molecule has 0 saturated carbocycles. The van der Waals surface area contributed by atoms with Gasteiger partial charge in [-0.2, -0.15) is 13.2 Å². The highest BCUT2D eigenvalue weighted by Crippen LogP contribution is 2.32. The van der Waals surface area contributed by atoms with Crippen LogP contribution in [0.3, 0.4) is 0 Å². The van der Waals surface area contributed by atoms with Crippen LogP contribution in [0.1, 0.15) is 15.2 Å². The topological polar surface area (TPSA) is 68.3 Å². The maximum absolute atomic E-state index is 13.7. The van der Waals surface area contributed by atoms with E-state index in [0.717, 1.165) is 11.3 Å². The number of esters is 1. The highest BCUT2D eigenvalue weighted by Gasteiger charge is 2.31. The summed E-state index contributed by atoms with van der Waals surface area (Å²) in [6, 6.07) is 6.30. The number of amides is 1. The number of pyridine rings is 1. The van der Waals surface area contributed by atoms with Crippen molar-refractivity contribution in [3.63, 3.8) is 0 Å². The number of benzene rings is 1. The molecule has 0 radical (unpaired) electrons. The van der Waals surface area contributed by atoms with Gasteiger partial charge in [-0.05, 0) is 24.3 Å². The summed E-state index contributed by atoms with van der Waals surface area (Å²) < 4.78 is 56.7. The first kappa shape index (κ1) is 20.0. The van der Waals surface area contributed by atoms with Crippen molar-refractivity contribution in [2.24, 2.45) is 0 Å². The molecule has 0 bridgehead atoms. The number of alkyl halides is 3. The average molecular weight is 433 g/mol. The van der Waals surface area contributed by atoms with Crippen molar-refractivity contribution in [1.29, 1.82) is 0 Å². The number of nitrogens with zero attached hydrogens (tertiary/aromatic N) is 1. The number of halogens is 5. The van der Waals surface area contributed by atoms with Crippen molar-refractivity contribution in [2.75, 3.05) is 11.9 Å². The number of nitrogens with one attached hydrogen (secondary N) is 1. The molecule has 1 amide bonds. The van der Waals surface area contributed by atoms with Crippen LogP contribution in [-0.4, -0.2) is 23.5 Å². The van der Waals surface area contributed by atoms with Gasteiger partial charge in [0.25, 0.3) is 5.91 Å². The van der Waals surface area contributed by atoms with E-state index in [0.29, 0.717) is 17.0 Å². The zero-order valence-corrected chi connectivity index (χ0v) is 15.2. The third kappa shape index (κ3) is 4.39. The Kier molecular flexibility index (Phi) is 5.52. The van der Waals surface area contributed by atoms with Crippen molar-refractivity contribution in [3.05, 3.63) is 57.8 Å². The van der Waals surface area contributed by atoms with Crippen molar-refractivity contribution in [3.8, 4) is 0 Å². The lowest BCUT2D eigenvalue weighted by molar-refractivity contribution is -0.137. The standard InChI is InChI=1S/C17H9ClF4N2O3S/c18-10-4-8(17(20,21)22)6-23-15(10)24-14(25)7-27-16(26)13-5-9-11(19)2-1-3-12(9)28-13/h1-6H,7H2,(H,23,24,25). The van der Waals surface area contributed by atoms with Crippen LogP contribution in [0.5, 0.6) is 0 Å². The molecule has 28 heavy (non-hydrogen) atoms. The summed E-state index contributed by atoms with van der Waals surface area (Å²) in [4.78, 5) is 27.4. The fourth-order valence-electron chi connectivity index (χ4n) is 2.18. The minimum absolute atomic E-state index is 0.0959. The van der Waals surface area contributed by atoms with Gasteiger partial charge < -0.3 is 10.1 Å². The van der Waals surface area contributed by atoms with Crippen LogP contribution in [0.25, 0.3) is 10.1 Å². The van der Waals surface area contributed by atoms with Gasteiger partial charge in [-0.15, -0.1) is 11.3 Å². The Balaban J connectivity index is 1.62. The lowest BCUT2D eigenvalue weighted by Crippen LogP contribution is -2.21. The van der Waals surface area contributed by atoms with E-state index in [1.807, 2.05) is 0 Å². The van der Waals surface area contributed by atoms with Crippen LogP contribution in [0.15, 0.2) is 36.5 Å². The molecule has 11 heteroatoms. The van der Waals surface area contributed by atoms with Crippen LogP contribution in [0.4, 0.5) is 23.4 Å².